The minimum absolute atomic E-state index is 0.0644. The van der Waals surface area contributed by atoms with Crippen molar-refractivity contribution >= 4 is 10.8 Å². The van der Waals surface area contributed by atoms with Gasteiger partial charge in [-0.2, -0.15) is 0 Å². The third-order valence-corrected chi connectivity index (χ3v) is 2.19. The van der Waals surface area contributed by atoms with Crippen LogP contribution in [0, 0.1) is 0 Å². The van der Waals surface area contributed by atoms with Crippen molar-refractivity contribution in [2.24, 2.45) is 0 Å². The molecule has 1 aromatic heterocycles. The number of nitrogens with zero attached hydrogens (tertiary/aromatic N) is 1. The molecule has 0 spiro atoms. The van der Waals surface area contributed by atoms with Crippen LogP contribution in [-0.2, 0) is 0 Å². The Morgan fingerprint density at radius 2 is 2.20 bits per heavy atom. The molecule has 0 saturated heterocycles. The van der Waals surface area contributed by atoms with Crippen molar-refractivity contribution in [3.63, 3.8) is 0 Å². The molecule has 0 atom stereocenters. The quantitative estimate of drug-likeness (QED) is 0.834. The Labute approximate surface area is 88.3 Å². The fourth-order valence-electron chi connectivity index (χ4n) is 1.45. The Morgan fingerprint density at radius 3 is 3.00 bits per heavy atom. The normalized spacial score (nSPS) is 10.5. The second kappa shape index (κ2) is 4.17. The SMILES string of the molecule is CCCOc1ccc2c(O)nccc2c1. The molecule has 0 bridgehead atoms. The maximum Gasteiger partial charge on any atom is 0.218 e. The van der Waals surface area contributed by atoms with Gasteiger partial charge in [0.15, 0.2) is 0 Å². The zero-order valence-electron chi connectivity index (χ0n) is 8.60. The van der Waals surface area contributed by atoms with Crippen LogP contribution < -0.4 is 4.74 Å². The van der Waals surface area contributed by atoms with Gasteiger partial charge in [0.2, 0.25) is 5.88 Å². The predicted molar refractivity (Wildman–Crippen MR) is 59.2 cm³/mol. The molecule has 1 heterocycles. The van der Waals surface area contributed by atoms with Gasteiger partial charge in [-0.15, -0.1) is 0 Å². The van der Waals surface area contributed by atoms with E-state index in [1.165, 1.54) is 0 Å². The maximum absolute atomic E-state index is 9.49. The molecule has 0 saturated carbocycles. The van der Waals surface area contributed by atoms with Crippen LogP contribution in [0.2, 0.25) is 0 Å². The van der Waals surface area contributed by atoms with Gasteiger partial charge in [-0.1, -0.05) is 6.92 Å². The Bertz CT molecular complexity index is 468. The number of aromatic nitrogens is 1. The van der Waals surface area contributed by atoms with Crippen molar-refractivity contribution in [3.8, 4) is 11.6 Å². The molecular weight excluding hydrogens is 190 g/mol. The lowest BCUT2D eigenvalue weighted by Gasteiger charge is -2.06. The lowest BCUT2D eigenvalue weighted by Crippen LogP contribution is -1.94. The largest absolute Gasteiger partial charge is 0.494 e. The fourth-order valence-corrected chi connectivity index (χ4v) is 1.45. The molecule has 0 fully saturated rings. The molecule has 1 aromatic carbocycles. The first-order valence-corrected chi connectivity index (χ1v) is 5.02. The third kappa shape index (κ3) is 2.01. The first-order chi connectivity index (χ1) is 7.31. The number of hydrogen-bond donors (Lipinski definition) is 1. The van der Waals surface area contributed by atoms with E-state index < -0.39 is 0 Å². The standard InChI is InChI=1S/C12H13NO2/c1-2-7-15-10-3-4-11-9(8-10)5-6-13-12(11)14/h3-6,8H,2,7H2,1H3,(H,13,14). The summed E-state index contributed by atoms with van der Waals surface area (Å²) < 4.78 is 5.50. The maximum atomic E-state index is 9.49. The summed E-state index contributed by atoms with van der Waals surface area (Å²) >= 11 is 0. The van der Waals surface area contributed by atoms with E-state index in [2.05, 4.69) is 11.9 Å². The summed E-state index contributed by atoms with van der Waals surface area (Å²) in [5.41, 5.74) is 0. The Balaban J connectivity index is 2.39. The number of rotatable bonds is 3. The van der Waals surface area contributed by atoms with Gasteiger partial charge in [0, 0.05) is 11.6 Å². The van der Waals surface area contributed by atoms with Gasteiger partial charge in [0.25, 0.3) is 0 Å². The minimum Gasteiger partial charge on any atom is -0.494 e. The van der Waals surface area contributed by atoms with E-state index in [1.807, 2.05) is 24.3 Å². The first-order valence-electron chi connectivity index (χ1n) is 5.02. The molecule has 3 nitrogen and oxygen atoms in total. The smallest absolute Gasteiger partial charge is 0.218 e. The van der Waals surface area contributed by atoms with Gasteiger partial charge in [0.1, 0.15) is 5.75 Å². The van der Waals surface area contributed by atoms with E-state index in [0.29, 0.717) is 6.61 Å². The van der Waals surface area contributed by atoms with Gasteiger partial charge in [-0.3, -0.25) is 0 Å². The first kappa shape index (κ1) is 9.77. The highest BCUT2D eigenvalue weighted by atomic mass is 16.5. The van der Waals surface area contributed by atoms with E-state index in [1.54, 1.807) is 6.20 Å². The summed E-state index contributed by atoms with van der Waals surface area (Å²) in [5.74, 6) is 0.893. The molecule has 0 amide bonds. The molecule has 0 aliphatic heterocycles. The molecule has 78 valence electrons. The number of aromatic hydroxyl groups is 1. The highest BCUT2D eigenvalue weighted by molar-refractivity contribution is 5.87. The van der Waals surface area contributed by atoms with Crippen LogP contribution in [0.5, 0.6) is 11.6 Å². The highest BCUT2D eigenvalue weighted by Gasteiger charge is 2.01. The van der Waals surface area contributed by atoms with Crippen molar-refractivity contribution in [3.05, 3.63) is 30.5 Å². The van der Waals surface area contributed by atoms with Crippen LogP contribution in [0.25, 0.3) is 10.8 Å². The Kier molecular flexibility index (Phi) is 2.72. The summed E-state index contributed by atoms with van der Waals surface area (Å²) in [4.78, 5) is 3.81. The van der Waals surface area contributed by atoms with E-state index in [0.717, 1.165) is 22.9 Å². The van der Waals surface area contributed by atoms with Crippen LogP contribution in [0.4, 0.5) is 0 Å². The van der Waals surface area contributed by atoms with E-state index in [-0.39, 0.29) is 5.88 Å². The Morgan fingerprint density at radius 1 is 1.33 bits per heavy atom. The van der Waals surface area contributed by atoms with Gasteiger partial charge in [-0.05, 0) is 36.1 Å². The van der Waals surface area contributed by atoms with Crippen molar-refractivity contribution in [2.45, 2.75) is 13.3 Å². The van der Waals surface area contributed by atoms with E-state index in [9.17, 15) is 5.11 Å². The topological polar surface area (TPSA) is 42.4 Å². The van der Waals surface area contributed by atoms with Crippen LogP contribution in [0.15, 0.2) is 30.5 Å². The molecule has 0 radical (unpaired) electrons. The number of ether oxygens (including phenoxy) is 1. The van der Waals surface area contributed by atoms with Crippen molar-refractivity contribution in [2.75, 3.05) is 6.61 Å². The van der Waals surface area contributed by atoms with E-state index >= 15 is 0 Å². The molecule has 0 unspecified atom stereocenters. The molecule has 0 aliphatic carbocycles. The van der Waals surface area contributed by atoms with Gasteiger partial charge >= 0.3 is 0 Å². The summed E-state index contributed by atoms with van der Waals surface area (Å²) in [6.07, 6.45) is 2.57. The zero-order valence-corrected chi connectivity index (χ0v) is 8.60. The van der Waals surface area contributed by atoms with Gasteiger partial charge in [0.05, 0.1) is 6.61 Å². The fraction of sp³-hybridized carbons (Fsp3) is 0.250. The summed E-state index contributed by atoms with van der Waals surface area (Å²) in [6, 6.07) is 7.43. The number of pyridine rings is 1. The van der Waals surface area contributed by atoms with Crippen molar-refractivity contribution in [1.82, 2.24) is 4.98 Å². The number of benzene rings is 1. The molecule has 3 heteroatoms. The molecule has 0 aliphatic rings. The highest BCUT2D eigenvalue weighted by Crippen LogP contribution is 2.25. The average Bonchev–Trinajstić information content (AvgIpc) is 2.26. The van der Waals surface area contributed by atoms with Crippen molar-refractivity contribution < 1.29 is 9.84 Å². The van der Waals surface area contributed by atoms with E-state index in [4.69, 9.17) is 4.74 Å². The van der Waals surface area contributed by atoms with Crippen molar-refractivity contribution in [1.29, 1.82) is 0 Å². The monoisotopic (exact) mass is 203 g/mol. The zero-order chi connectivity index (χ0) is 10.7. The summed E-state index contributed by atoms with van der Waals surface area (Å²) in [7, 11) is 0. The molecule has 2 rings (SSSR count). The van der Waals surface area contributed by atoms with Gasteiger partial charge in [-0.25, -0.2) is 4.98 Å². The third-order valence-electron chi connectivity index (χ3n) is 2.19. The lowest BCUT2D eigenvalue weighted by molar-refractivity contribution is 0.318. The number of fused-ring (bicyclic) bond motifs is 1. The summed E-state index contributed by atoms with van der Waals surface area (Å²) in [6.45, 7) is 2.78. The van der Waals surface area contributed by atoms with Gasteiger partial charge < -0.3 is 9.84 Å². The molecule has 1 N–H and O–H groups in total. The van der Waals surface area contributed by atoms with Crippen LogP contribution in [0.3, 0.4) is 0 Å². The summed E-state index contributed by atoms with van der Waals surface area (Å²) in [5, 5.41) is 11.2. The second-order valence-electron chi connectivity index (χ2n) is 3.37. The predicted octanol–water partition coefficient (Wildman–Crippen LogP) is 2.73. The molecule has 2 aromatic rings. The average molecular weight is 203 g/mol. The minimum atomic E-state index is 0.0644. The Hall–Kier alpha value is -1.77. The van der Waals surface area contributed by atoms with Crippen LogP contribution >= 0.6 is 0 Å². The molecule has 15 heavy (non-hydrogen) atoms. The second-order valence-corrected chi connectivity index (χ2v) is 3.37. The number of hydrogen-bond acceptors (Lipinski definition) is 3. The lowest BCUT2D eigenvalue weighted by atomic mass is 10.1. The molecular formula is C12H13NO2. The van der Waals surface area contributed by atoms with Crippen LogP contribution in [-0.4, -0.2) is 16.7 Å². The van der Waals surface area contributed by atoms with Crippen LogP contribution in [0.1, 0.15) is 13.3 Å².